The first-order valence-electron chi connectivity index (χ1n) is 12.0. The van der Waals surface area contributed by atoms with Crippen LogP contribution in [0.25, 0.3) is 16.0 Å². The van der Waals surface area contributed by atoms with Gasteiger partial charge in [-0.1, -0.05) is 38.1 Å². The Morgan fingerprint density at radius 3 is 2.00 bits per heavy atom. The predicted octanol–water partition coefficient (Wildman–Crippen LogP) is 8.84. The largest absolute Gasteiger partial charge is 0.496 e. The molecule has 0 heterocycles. The summed E-state index contributed by atoms with van der Waals surface area (Å²) in [6.45, 7) is 10.5. The molecule has 3 aromatic rings. The summed E-state index contributed by atoms with van der Waals surface area (Å²) in [5.41, 5.74) is -0.549. The second-order valence-corrected chi connectivity index (χ2v) is 9.31. The number of alkyl halides is 6. The minimum absolute atomic E-state index is 0.0251. The van der Waals surface area contributed by atoms with E-state index in [4.69, 9.17) is 16.0 Å². The van der Waals surface area contributed by atoms with Gasteiger partial charge in [0.15, 0.2) is 5.69 Å². The highest BCUT2D eigenvalue weighted by Gasteiger charge is 2.37. The summed E-state index contributed by atoms with van der Waals surface area (Å²) in [6.07, 6.45) is -11.1. The number of rotatable bonds is 7. The third-order valence-electron chi connectivity index (χ3n) is 6.21. The molecule has 0 aliphatic heterocycles. The van der Waals surface area contributed by atoms with Crippen LogP contribution in [0.1, 0.15) is 47.6 Å². The molecule has 5 nitrogen and oxygen atoms in total. The molecule has 0 N–H and O–H groups in total. The number of carbonyl (C=O) groups excluding carboxylic acids is 1. The Labute approximate surface area is 227 Å². The minimum Gasteiger partial charge on any atom is -0.496 e. The molecule has 3 rings (SSSR count). The summed E-state index contributed by atoms with van der Waals surface area (Å²) in [7, 11) is 2.53. The molecule has 3 aromatic carbocycles. The molecule has 11 heteroatoms. The van der Waals surface area contributed by atoms with Gasteiger partial charge in [0.1, 0.15) is 5.75 Å². The Balaban J connectivity index is 2.14. The average molecular weight is 565 g/mol. The van der Waals surface area contributed by atoms with Crippen molar-refractivity contribution >= 4 is 11.8 Å². The van der Waals surface area contributed by atoms with E-state index in [-0.39, 0.29) is 24.2 Å². The molecule has 0 saturated carbocycles. The third-order valence-corrected chi connectivity index (χ3v) is 6.21. The number of benzene rings is 3. The lowest BCUT2D eigenvalue weighted by molar-refractivity contribution is -0.143. The molecule has 0 aliphatic carbocycles. The van der Waals surface area contributed by atoms with E-state index in [0.717, 1.165) is 17.6 Å². The maximum absolute atomic E-state index is 13.4. The van der Waals surface area contributed by atoms with E-state index in [1.54, 1.807) is 18.2 Å². The zero-order valence-corrected chi connectivity index (χ0v) is 22.1. The van der Waals surface area contributed by atoms with Crippen LogP contribution in [0.4, 0.5) is 36.8 Å². The Hall–Kier alpha value is -4.20. The number of ether oxygens (including phenoxy) is 2. The van der Waals surface area contributed by atoms with Crippen molar-refractivity contribution < 1.29 is 40.6 Å². The number of methoxy groups -OCH3 is 2. The van der Waals surface area contributed by atoms with Crippen LogP contribution in [0.2, 0.25) is 0 Å². The van der Waals surface area contributed by atoms with Gasteiger partial charge >= 0.3 is 18.4 Å². The minimum atomic E-state index is -5.04. The number of amides is 1. The molecule has 40 heavy (non-hydrogen) atoms. The Morgan fingerprint density at radius 2 is 1.50 bits per heavy atom. The van der Waals surface area contributed by atoms with Crippen LogP contribution >= 0.6 is 0 Å². The van der Waals surface area contributed by atoms with Crippen LogP contribution in [0.5, 0.6) is 5.75 Å². The zero-order chi connectivity index (χ0) is 29.8. The molecule has 0 saturated heterocycles. The fraction of sp³-hybridized carbons (Fsp3) is 0.310. The third kappa shape index (κ3) is 7.05. The predicted molar refractivity (Wildman–Crippen MR) is 137 cm³/mol. The number of halogens is 6. The van der Waals surface area contributed by atoms with Crippen LogP contribution < -0.4 is 4.74 Å². The smallest absolute Gasteiger partial charge is 0.416 e. The number of hydrogen-bond acceptors (Lipinski definition) is 3. The van der Waals surface area contributed by atoms with Crippen LogP contribution in [0.15, 0.2) is 54.6 Å². The van der Waals surface area contributed by atoms with E-state index in [2.05, 4.69) is 4.85 Å². The van der Waals surface area contributed by atoms with Crippen molar-refractivity contribution in [3.8, 4) is 16.9 Å². The molecule has 212 valence electrons. The molecular weight excluding hydrogens is 538 g/mol. The molecule has 0 fully saturated rings. The van der Waals surface area contributed by atoms with Gasteiger partial charge in [0.2, 0.25) is 0 Å². The molecule has 0 unspecified atom stereocenters. The fourth-order valence-electron chi connectivity index (χ4n) is 4.19. The maximum Gasteiger partial charge on any atom is 0.416 e. The van der Waals surface area contributed by atoms with Gasteiger partial charge in [-0.25, -0.2) is 9.64 Å². The van der Waals surface area contributed by atoms with Crippen molar-refractivity contribution in [2.24, 2.45) is 0 Å². The van der Waals surface area contributed by atoms with Gasteiger partial charge in [-0.3, -0.25) is 4.90 Å². The maximum atomic E-state index is 13.4. The summed E-state index contributed by atoms with van der Waals surface area (Å²) in [4.78, 5) is 17.1. The molecule has 0 aromatic heterocycles. The van der Waals surface area contributed by atoms with Gasteiger partial charge in [0.05, 0.1) is 31.9 Å². The Bertz CT molecular complexity index is 1390. The van der Waals surface area contributed by atoms with Crippen molar-refractivity contribution in [2.75, 3.05) is 14.2 Å². The molecule has 0 aliphatic rings. The standard InChI is InChI=1S/C29H26F6N2O3/c1-17(2)19-6-9-26(39-4)25(13-19)24-8-7-23(36-3)12-20(24)16-37(27(38)40-5)15-18-10-21(28(30,31)32)14-22(11-18)29(33,34)35/h6-14,17H,15-16H2,1-2,4-5H3. The van der Waals surface area contributed by atoms with Gasteiger partial charge in [-0.2, -0.15) is 26.3 Å². The number of carbonyl (C=O) groups is 1. The van der Waals surface area contributed by atoms with Gasteiger partial charge < -0.3 is 9.47 Å². The van der Waals surface area contributed by atoms with Gasteiger partial charge in [0, 0.05) is 18.7 Å². The second kappa shape index (κ2) is 11.9. The summed E-state index contributed by atoms with van der Waals surface area (Å²) >= 11 is 0. The SMILES string of the molecule is [C-]#[N+]c1ccc(-c2cc(C(C)C)ccc2OC)c(CN(Cc2cc(C(F)(F)F)cc(C(F)(F)F)c2)C(=O)OC)c1. The Kier molecular flexibility index (Phi) is 9.03. The molecular formula is C29H26F6N2O3. The monoisotopic (exact) mass is 564 g/mol. The van der Waals surface area contributed by atoms with Crippen molar-refractivity contribution in [3.63, 3.8) is 0 Å². The number of nitrogens with zero attached hydrogens (tertiary/aromatic N) is 2. The molecule has 0 atom stereocenters. The van der Waals surface area contributed by atoms with E-state index in [1.165, 1.54) is 13.2 Å². The van der Waals surface area contributed by atoms with Crippen molar-refractivity contribution in [1.29, 1.82) is 0 Å². The average Bonchev–Trinajstić information content (AvgIpc) is 2.90. The van der Waals surface area contributed by atoms with Crippen molar-refractivity contribution in [3.05, 3.63) is 93.8 Å². The van der Waals surface area contributed by atoms with E-state index < -0.39 is 41.7 Å². The van der Waals surface area contributed by atoms with Crippen LogP contribution in [-0.2, 0) is 30.2 Å². The van der Waals surface area contributed by atoms with Crippen LogP contribution in [0, 0.1) is 6.57 Å². The summed E-state index contributed by atoms with van der Waals surface area (Å²) in [6, 6.07) is 11.5. The first kappa shape index (κ1) is 30.3. The van der Waals surface area contributed by atoms with E-state index in [1.807, 2.05) is 26.0 Å². The van der Waals surface area contributed by atoms with Crippen LogP contribution in [0.3, 0.4) is 0 Å². The summed E-state index contributed by atoms with van der Waals surface area (Å²) in [5.74, 6) is 0.657. The molecule has 0 radical (unpaired) electrons. The fourth-order valence-corrected chi connectivity index (χ4v) is 4.19. The first-order chi connectivity index (χ1) is 18.7. The molecule has 0 spiro atoms. The normalized spacial score (nSPS) is 11.8. The highest BCUT2D eigenvalue weighted by Crippen LogP contribution is 2.39. The van der Waals surface area contributed by atoms with Gasteiger partial charge in [-0.05, 0) is 58.5 Å². The molecule has 0 bridgehead atoms. The van der Waals surface area contributed by atoms with Gasteiger partial charge in [0.25, 0.3) is 0 Å². The quantitative estimate of drug-likeness (QED) is 0.213. The number of hydrogen-bond donors (Lipinski definition) is 0. The topological polar surface area (TPSA) is 43.1 Å². The summed E-state index contributed by atoms with van der Waals surface area (Å²) < 4.78 is 90.8. The Morgan fingerprint density at radius 1 is 0.875 bits per heavy atom. The highest BCUT2D eigenvalue weighted by atomic mass is 19.4. The highest BCUT2D eigenvalue weighted by molar-refractivity contribution is 5.77. The van der Waals surface area contributed by atoms with Crippen LogP contribution in [-0.4, -0.2) is 25.2 Å². The first-order valence-corrected chi connectivity index (χ1v) is 12.0. The zero-order valence-electron chi connectivity index (χ0n) is 22.1. The summed E-state index contributed by atoms with van der Waals surface area (Å²) in [5, 5.41) is 0. The van der Waals surface area contributed by atoms with E-state index >= 15 is 0 Å². The second-order valence-electron chi connectivity index (χ2n) is 9.31. The molecule has 1 amide bonds. The van der Waals surface area contributed by atoms with Crippen molar-refractivity contribution in [2.45, 2.75) is 45.2 Å². The lowest BCUT2D eigenvalue weighted by Crippen LogP contribution is -2.30. The van der Waals surface area contributed by atoms with Gasteiger partial charge in [-0.15, -0.1) is 0 Å². The van der Waals surface area contributed by atoms with Crippen molar-refractivity contribution in [1.82, 2.24) is 4.90 Å². The lowest BCUT2D eigenvalue weighted by Gasteiger charge is -2.25. The van der Waals surface area contributed by atoms with E-state index in [0.29, 0.717) is 34.6 Å². The van der Waals surface area contributed by atoms with E-state index in [9.17, 15) is 31.1 Å². The lowest BCUT2D eigenvalue weighted by atomic mass is 9.93.